The van der Waals surface area contributed by atoms with Gasteiger partial charge in [-0.1, -0.05) is 45.9 Å². The maximum absolute atomic E-state index is 12.5. The molecule has 0 atom stereocenters. The van der Waals surface area contributed by atoms with Crippen molar-refractivity contribution in [3.05, 3.63) is 63.3 Å². The molecule has 1 aliphatic rings. The van der Waals surface area contributed by atoms with Crippen molar-refractivity contribution in [2.75, 3.05) is 14.1 Å². The molecule has 118 valence electrons. The van der Waals surface area contributed by atoms with Crippen LogP contribution in [-0.2, 0) is 6.54 Å². The molecular weight excluding hydrogens is 358 g/mol. The number of carbonyl (C=O) groups excluding carboxylic acids is 1. The number of hydrogen-bond donors (Lipinski definition) is 1. The van der Waals surface area contributed by atoms with Crippen LogP contribution in [0.5, 0.6) is 11.5 Å². The maximum atomic E-state index is 12.5. The van der Waals surface area contributed by atoms with Gasteiger partial charge in [0.1, 0.15) is 12.3 Å². The summed E-state index contributed by atoms with van der Waals surface area (Å²) in [6.45, 7) is 0.512. The van der Waals surface area contributed by atoms with Crippen molar-refractivity contribution in [2.24, 2.45) is 0 Å². The molecule has 1 heterocycles. The van der Waals surface area contributed by atoms with Crippen LogP contribution < -0.4 is 14.7 Å². The number of nitrogens with one attached hydrogen (secondary N) is 1. The highest BCUT2D eigenvalue weighted by Crippen LogP contribution is 2.38. The number of ketones is 1. The number of allylic oxidation sites excluding steroid dienone is 1. The van der Waals surface area contributed by atoms with Gasteiger partial charge in [0.15, 0.2) is 5.76 Å². The lowest BCUT2D eigenvalue weighted by Crippen LogP contribution is -3.04. The van der Waals surface area contributed by atoms with Gasteiger partial charge >= 0.3 is 0 Å². The number of halogens is 1. The zero-order valence-corrected chi connectivity index (χ0v) is 14.4. The van der Waals surface area contributed by atoms with Gasteiger partial charge in [0.2, 0.25) is 5.78 Å². The van der Waals surface area contributed by atoms with Crippen molar-refractivity contribution < 1.29 is 19.5 Å². The molecule has 2 aromatic rings. The number of ether oxygens (including phenoxy) is 1. The first kappa shape index (κ1) is 15.8. The molecule has 1 aliphatic heterocycles. The third-order valence-electron chi connectivity index (χ3n) is 3.62. The Hall–Kier alpha value is -2.11. The summed E-state index contributed by atoms with van der Waals surface area (Å²) >= 11 is 3.45. The van der Waals surface area contributed by atoms with Gasteiger partial charge in [0, 0.05) is 10.0 Å². The SMILES string of the molecule is C[NH+](C)Cc1c([O-])ccc2c1OC(=Cc1ccccc1Br)C2=O. The number of rotatable bonds is 3. The summed E-state index contributed by atoms with van der Waals surface area (Å²) in [6.07, 6.45) is 1.70. The molecule has 0 amide bonds. The predicted molar refractivity (Wildman–Crippen MR) is 89.5 cm³/mol. The molecule has 0 saturated heterocycles. The first-order valence-corrected chi connectivity index (χ1v) is 8.07. The van der Waals surface area contributed by atoms with E-state index in [-0.39, 0.29) is 17.3 Å². The minimum Gasteiger partial charge on any atom is -0.872 e. The van der Waals surface area contributed by atoms with E-state index in [0.717, 1.165) is 14.9 Å². The average Bonchev–Trinajstić information content (AvgIpc) is 2.81. The number of quaternary nitrogens is 1. The fourth-order valence-electron chi connectivity index (χ4n) is 2.54. The first-order valence-electron chi connectivity index (χ1n) is 7.28. The van der Waals surface area contributed by atoms with E-state index < -0.39 is 0 Å². The molecule has 3 rings (SSSR count). The van der Waals surface area contributed by atoms with Gasteiger partial charge in [0.05, 0.1) is 19.7 Å². The number of fused-ring (bicyclic) bond motifs is 1. The number of Topliss-reactive ketones (excluding diaryl/α,β-unsaturated/α-hetero) is 1. The van der Waals surface area contributed by atoms with E-state index >= 15 is 0 Å². The van der Waals surface area contributed by atoms with Crippen LogP contribution in [0.3, 0.4) is 0 Å². The van der Waals surface area contributed by atoms with E-state index in [1.807, 2.05) is 38.4 Å². The Morgan fingerprint density at radius 1 is 1.22 bits per heavy atom. The van der Waals surface area contributed by atoms with Crippen LogP contribution >= 0.6 is 15.9 Å². The van der Waals surface area contributed by atoms with Gasteiger partial charge in [0.25, 0.3) is 0 Å². The fourth-order valence-corrected chi connectivity index (χ4v) is 2.94. The van der Waals surface area contributed by atoms with Crippen molar-refractivity contribution in [3.63, 3.8) is 0 Å². The highest BCUT2D eigenvalue weighted by Gasteiger charge is 2.30. The molecular formula is C18H16BrNO3. The van der Waals surface area contributed by atoms with Crippen LogP contribution in [0.1, 0.15) is 21.5 Å². The number of hydrogen-bond acceptors (Lipinski definition) is 3. The van der Waals surface area contributed by atoms with Crippen molar-refractivity contribution in [1.82, 2.24) is 0 Å². The Morgan fingerprint density at radius 2 is 1.96 bits per heavy atom. The molecule has 0 fully saturated rings. The Bertz CT molecular complexity index is 812. The lowest BCUT2D eigenvalue weighted by Gasteiger charge is -2.17. The summed E-state index contributed by atoms with van der Waals surface area (Å²) in [7, 11) is 3.90. The quantitative estimate of drug-likeness (QED) is 0.834. The maximum Gasteiger partial charge on any atom is 0.231 e. The third kappa shape index (κ3) is 3.02. The molecule has 4 nitrogen and oxygen atoms in total. The van der Waals surface area contributed by atoms with E-state index in [0.29, 0.717) is 23.4 Å². The highest BCUT2D eigenvalue weighted by molar-refractivity contribution is 9.10. The zero-order chi connectivity index (χ0) is 16.6. The van der Waals surface area contributed by atoms with Gasteiger partial charge in [-0.25, -0.2) is 0 Å². The van der Waals surface area contributed by atoms with E-state index in [2.05, 4.69) is 15.9 Å². The summed E-state index contributed by atoms with van der Waals surface area (Å²) < 4.78 is 6.65. The standard InChI is InChI=1S/C18H16BrNO3/c1-20(2)10-13-15(21)8-7-12-17(22)16(23-18(12)13)9-11-5-3-4-6-14(11)19/h3-9,21H,10H2,1-2H3. The Balaban J connectivity index is 2.04. The van der Waals surface area contributed by atoms with Crippen LogP contribution in [0.25, 0.3) is 6.08 Å². The lowest BCUT2D eigenvalue weighted by molar-refractivity contribution is -0.872. The lowest BCUT2D eigenvalue weighted by atomic mass is 10.0. The van der Waals surface area contributed by atoms with Crippen LogP contribution in [0.4, 0.5) is 0 Å². The molecule has 0 aromatic heterocycles. The van der Waals surface area contributed by atoms with Gasteiger partial charge < -0.3 is 14.7 Å². The number of carbonyl (C=O) groups is 1. The summed E-state index contributed by atoms with van der Waals surface area (Å²) in [5.41, 5.74) is 1.86. The van der Waals surface area contributed by atoms with E-state index in [1.165, 1.54) is 6.07 Å². The van der Waals surface area contributed by atoms with Crippen molar-refractivity contribution >= 4 is 27.8 Å². The highest BCUT2D eigenvalue weighted by atomic mass is 79.9. The van der Waals surface area contributed by atoms with Crippen LogP contribution in [-0.4, -0.2) is 19.9 Å². The molecule has 0 radical (unpaired) electrons. The minimum atomic E-state index is -0.189. The van der Waals surface area contributed by atoms with Crippen LogP contribution in [0, 0.1) is 0 Å². The third-order valence-corrected chi connectivity index (χ3v) is 4.34. The average molecular weight is 374 g/mol. The zero-order valence-electron chi connectivity index (χ0n) is 12.9. The largest absolute Gasteiger partial charge is 0.872 e. The molecule has 5 heteroatoms. The Labute approximate surface area is 143 Å². The fraction of sp³-hybridized carbons (Fsp3) is 0.167. The van der Waals surface area contributed by atoms with Gasteiger partial charge in [-0.3, -0.25) is 4.79 Å². The topological polar surface area (TPSA) is 53.8 Å². The smallest absolute Gasteiger partial charge is 0.231 e. The first-order chi connectivity index (χ1) is 11.0. The molecule has 23 heavy (non-hydrogen) atoms. The van der Waals surface area contributed by atoms with E-state index in [1.54, 1.807) is 12.1 Å². The van der Waals surface area contributed by atoms with Gasteiger partial charge in [-0.05, 0) is 23.8 Å². The van der Waals surface area contributed by atoms with Gasteiger partial charge in [-0.2, -0.15) is 0 Å². The monoisotopic (exact) mass is 373 g/mol. The molecule has 0 bridgehead atoms. The molecule has 1 N–H and O–H groups in total. The molecule has 0 saturated carbocycles. The van der Waals surface area contributed by atoms with Crippen molar-refractivity contribution in [1.29, 1.82) is 0 Å². The molecule has 0 aliphatic carbocycles. The second-order valence-corrected chi connectivity index (χ2v) is 6.62. The van der Waals surface area contributed by atoms with Crippen molar-refractivity contribution in [3.8, 4) is 11.5 Å². The van der Waals surface area contributed by atoms with Crippen LogP contribution in [0.15, 0.2) is 46.6 Å². The molecule has 0 spiro atoms. The Morgan fingerprint density at radius 3 is 2.65 bits per heavy atom. The molecule has 0 unspecified atom stereocenters. The summed E-state index contributed by atoms with van der Waals surface area (Å²) in [5.74, 6) is 0.361. The minimum absolute atomic E-state index is 0.0973. The summed E-state index contributed by atoms with van der Waals surface area (Å²) in [6, 6.07) is 10.6. The predicted octanol–water partition coefficient (Wildman–Crippen LogP) is 1.78. The van der Waals surface area contributed by atoms with E-state index in [9.17, 15) is 9.90 Å². The normalized spacial score (nSPS) is 15.1. The molecule has 2 aromatic carbocycles. The summed E-state index contributed by atoms with van der Waals surface area (Å²) in [4.78, 5) is 13.6. The van der Waals surface area contributed by atoms with Crippen molar-refractivity contribution in [2.45, 2.75) is 6.54 Å². The Kier molecular flexibility index (Phi) is 4.24. The number of benzene rings is 2. The van der Waals surface area contributed by atoms with Gasteiger partial charge in [-0.15, -0.1) is 0 Å². The summed E-state index contributed by atoms with van der Waals surface area (Å²) in [5, 5.41) is 12.1. The second-order valence-electron chi connectivity index (χ2n) is 5.76. The van der Waals surface area contributed by atoms with E-state index in [4.69, 9.17) is 4.74 Å². The second kappa shape index (κ2) is 6.18. The van der Waals surface area contributed by atoms with Crippen LogP contribution in [0.2, 0.25) is 0 Å².